The number of anilines is 1. The van der Waals surface area contributed by atoms with Crippen LogP contribution < -0.4 is 10.5 Å². The number of nitrogens with two attached hydrogens (primary N) is 1. The summed E-state index contributed by atoms with van der Waals surface area (Å²) < 4.78 is 10.0. The molecule has 102 valence electrons. The molecule has 1 aromatic carbocycles. The first-order valence-electron chi connectivity index (χ1n) is 4.89. The zero-order valence-electron chi connectivity index (χ0n) is 9.45. The van der Waals surface area contributed by atoms with Gasteiger partial charge in [0.05, 0.1) is 5.39 Å². The van der Waals surface area contributed by atoms with Crippen molar-refractivity contribution in [1.29, 1.82) is 0 Å². The first kappa shape index (κ1) is 14.7. The maximum absolute atomic E-state index is 11.0. The minimum absolute atomic E-state index is 0. The van der Waals surface area contributed by atoms with Gasteiger partial charge < -0.3 is 25.1 Å². The number of aromatic carboxylic acids is 1. The van der Waals surface area contributed by atoms with E-state index in [1.165, 1.54) is 12.1 Å². The summed E-state index contributed by atoms with van der Waals surface area (Å²) in [5.41, 5.74) is 6.23. The summed E-state index contributed by atoms with van der Waals surface area (Å²) in [5, 5.41) is 17.8. The van der Waals surface area contributed by atoms with Crippen molar-refractivity contribution in [1.82, 2.24) is 0 Å². The molecule has 2 rings (SSSR count). The van der Waals surface area contributed by atoms with Gasteiger partial charge in [0, 0.05) is 5.69 Å². The molecule has 0 amide bonds. The van der Waals surface area contributed by atoms with Gasteiger partial charge in [-0.3, -0.25) is 0 Å². The Balaban J connectivity index is 0.00000180. The number of rotatable bonds is 4. The average Bonchev–Trinajstić information content (AvgIpc) is 2.64. The molecule has 1 aromatic heterocycles. The van der Waals surface area contributed by atoms with E-state index in [0.29, 0.717) is 11.1 Å². The predicted molar refractivity (Wildman–Crippen MR) is 68.0 cm³/mol. The van der Waals surface area contributed by atoms with Gasteiger partial charge in [-0.1, -0.05) is 0 Å². The van der Waals surface area contributed by atoms with E-state index in [1.54, 1.807) is 6.07 Å². The number of furan rings is 1. The maximum atomic E-state index is 11.0. The molecule has 0 aliphatic rings. The van der Waals surface area contributed by atoms with E-state index in [-0.39, 0.29) is 23.7 Å². The fourth-order valence-corrected chi connectivity index (χ4v) is 1.51. The Labute approximate surface area is 113 Å². The van der Waals surface area contributed by atoms with E-state index in [9.17, 15) is 9.59 Å². The van der Waals surface area contributed by atoms with Crippen molar-refractivity contribution < 1.29 is 29.0 Å². The molecule has 0 saturated carbocycles. The van der Waals surface area contributed by atoms with Crippen LogP contribution >= 0.6 is 12.4 Å². The first-order valence-corrected chi connectivity index (χ1v) is 4.89. The minimum Gasteiger partial charge on any atom is -0.479 e. The number of carbonyl (C=O) groups is 2. The van der Waals surface area contributed by atoms with Crippen molar-refractivity contribution in [2.24, 2.45) is 0 Å². The number of benzene rings is 1. The number of halogens is 1. The van der Waals surface area contributed by atoms with Crippen LogP contribution in [0.2, 0.25) is 0 Å². The predicted octanol–water partition coefficient (Wildman–Crippen LogP) is 1.60. The quantitative estimate of drug-likeness (QED) is 0.730. The highest BCUT2D eigenvalue weighted by Crippen LogP contribution is 2.34. The largest absolute Gasteiger partial charge is 0.479 e. The second-order valence-electron chi connectivity index (χ2n) is 3.50. The SMILES string of the molecule is Cl.Nc1ccc2oc(C(=O)O)c(OCC(=O)O)c2c1. The Morgan fingerprint density at radius 3 is 2.58 bits per heavy atom. The molecule has 0 unspecified atom stereocenters. The monoisotopic (exact) mass is 287 g/mol. The smallest absolute Gasteiger partial charge is 0.375 e. The second kappa shape index (κ2) is 5.49. The number of hydrogen-bond acceptors (Lipinski definition) is 5. The first-order chi connectivity index (χ1) is 8.49. The highest BCUT2D eigenvalue weighted by molar-refractivity contribution is 5.99. The Hall–Kier alpha value is -2.41. The lowest BCUT2D eigenvalue weighted by Crippen LogP contribution is -2.11. The van der Waals surface area contributed by atoms with Crippen LogP contribution in [0.15, 0.2) is 22.6 Å². The normalized spacial score (nSPS) is 9.89. The fraction of sp³-hybridized carbons (Fsp3) is 0.0909. The molecule has 0 fully saturated rings. The van der Waals surface area contributed by atoms with Gasteiger partial charge in [0.15, 0.2) is 12.4 Å². The van der Waals surface area contributed by atoms with Gasteiger partial charge in [0.1, 0.15) is 5.58 Å². The molecule has 0 atom stereocenters. The number of carboxylic acids is 2. The molecule has 0 saturated heterocycles. The lowest BCUT2D eigenvalue weighted by atomic mass is 10.2. The van der Waals surface area contributed by atoms with Gasteiger partial charge in [0.2, 0.25) is 0 Å². The Morgan fingerprint density at radius 1 is 1.32 bits per heavy atom. The Kier molecular flexibility index (Phi) is 4.23. The molecule has 0 aliphatic heterocycles. The van der Waals surface area contributed by atoms with Crippen molar-refractivity contribution in [2.45, 2.75) is 0 Å². The van der Waals surface area contributed by atoms with Crippen LogP contribution in [0.3, 0.4) is 0 Å². The number of carboxylic acid groups (broad SMARTS) is 2. The van der Waals surface area contributed by atoms with Crippen molar-refractivity contribution in [3.05, 3.63) is 24.0 Å². The van der Waals surface area contributed by atoms with E-state index in [2.05, 4.69) is 0 Å². The molecular weight excluding hydrogens is 278 g/mol. The standard InChI is InChI=1S/C11H9NO6.ClH/c12-5-1-2-7-6(3-5)9(17-4-8(13)14)10(18-7)11(15)16;/h1-3H,4,12H2,(H,13,14)(H,15,16);1H. The molecule has 0 spiro atoms. The van der Waals surface area contributed by atoms with E-state index >= 15 is 0 Å². The van der Waals surface area contributed by atoms with Crippen molar-refractivity contribution in [3.8, 4) is 5.75 Å². The lowest BCUT2D eigenvalue weighted by Gasteiger charge is -2.01. The highest BCUT2D eigenvalue weighted by atomic mass is 35.5. The third kappa shape index (κ3) is 2.89. The van der Waals surface area contributed by atoms with Crippen LogP contribution in [0.1, 0.15) is 10.6 Å². The average molecular weight is 288 g/mol. The van der Waals surface area contributed by atoms with Gasteiger partial charge >= 0.3 is 11.9 Å². The lowest BCUT2D eigenvalue weighted by molar-refractivity contribution is -0.139. The summed E-state index contributed by atoms with van der Waals surface area (Å²) in [6, 6.07) is 4.49. The molecule has 7 nitrogen and oxygen atoms in total. The molecule has 0 aliphatic carbocycles. The zero-order chi connectivity index (χ0) is 13.3. The van der Waals surface area contributed by atoms with Gasteiger partial charge in [0.25, 0.3) is 5.76 Å². The molecular formula is C11H10ClNO6. The van der Waals surface area contributed by atoms with E-state index in [4.69, 9.17) is 25.1 Å². The summed E-state index contributed by atoms with van der Waals surface area (Å²) in [7, 11) is 0. The van der Waals surface area contributed by atoms with Gasteiger partial charge in [-0.2, -0.15) is 0 Å². The van der Waals surface area contributed by atoms with Crippen LogP contribution in [0.4, 0.5) is 5.69 Å². The number of fused-ring (bicyclic) bond motifs is 1. The van der Waals surface area contributed by atoms with Crippen LogP contribution in [0.25, 0.3) is 11.0 Å². The van der Waals surface area contributed by atoms with Crippen molar-refractivity contribution in [2.75, 3.05) is 12.3 Å². The third-order valence-corrected chi connectivity index (χ3v) is 2.20. The summed E-state index contributed by atoms with van der Waals surface area (Å²) in [6.07, 6.45) is 0. The Morgan fingerprint density at radius 2 is 2.00 bits per heavy atom. The van der Waals surface area contributed by atoms with Gasteiger partial charge in [-0.05, 0) is 18.2 Å². The van der Waals surface area contributed by atoms with Crippen LogP contribution in [0.5, 0.6) is 5.75 Å². The molecule has 4 N–H and O–H groups in total. The molecule has 8 heteroatoms. The number of nitrogen functional groups attached to an aromatic ring is 1. The van der Waals surface area contributed by atoms with E-state index in [1.807, 2.05) is 0 Å². The summed E-state index contributed by atoms with van der Waals surface area (Å²) in [5.74, 6) is -3.14. The maximum Gasteiger partial charge on any atom is 0.375 e. The van der Waals surface area contributed by atoms with Crippen LogP contribution in [-0.4, -0.2) is 28.8 Å². The molecule has 0 radical (unpaired) electrons. The van der Waals surface area contributed by atoms with E-state index < -0.39 is 24.3 Å². The number of aliphatic carboxylic acids is 1. The number of ether oxygens (including phenoxy) is 1. The minimum atomic E-state index is -1.34. The highest BCUT2D eigenvalue weighted by Gasteiger charge is 2.22. The van der Waals surface area contributed by atoms with Gasteiger partial charge in [-0.15, -0.1) is 12.4 Å². The summed E-state index contributed by atoms with van der Waals surface area (Å²) in [4.78, 5) is 21.4. The van der Waals surface area contributed by atoms with Gasteiger partial charge in [-0.25, -0.2) is 9.59 Å². The fourth-order valence-electron chi connectivity index (χ4n) is 1.51. The molecule has 1 heterocycles. The summed E-state index contributed by atoms with van der Waals surface area (Å²) >= 11 is 0. The summed E-state index contributed by atoms with van der Waals surface area (Å²) in [6.45, 7) is -0.663. The zero-order valence-corrected chi connectivity index (χ0v) is 10.3. The van der Waals surface area contributed by atoms with E-state index in [0.717, 1.165) is 0 Å². The molecule has 2 aromatic rings. The van der Waals surface area contributed by atoms with Crippen molar-refractivity contribution >= 4 is 41.0 Å². The Bertz CT molecular complexity index is 635. The van der Waals surface area contributed by atoms with Crippen molar-refractivity contribution in [3.63, 3.8) is 0 Å². The van der Waals surface area contributed by atoms with Crippen LogP contribution in [0, 0.1) is 0 Å². The second-order valence-corrected chi connectivity index (χ2v) is 3.50. The molecule has 0 bridgehead atoms. The number of hydrogen-bond donors (Lipinski definition) is 3. The molecule has 19 heavy (non-hydrogen) atoms. The third-order valence-electron chi connectivity index (χ3n) is 2.20. The topological polar surface area (TPSA) is 123 Å². The van der Waals surface area contributed by atoms with Crippen LogP contribution in [-0.2, 0) is 4.79 Å².